The third-order valence-corrected chi connectivity index (χ3v) is 6.19. The number of esters is 1. The van der Waals surface area contributed by atoms with Gasteiger partial charge in [-0.3, -0.25) is 14.4 Å². The van der Waals surface area contributed by atoms with Crippen LogP contribution in [0.4, 0.5) is 5.69 Å². The van der Waals surface area contributed by atoms with Crippen molar-refractivity contribution in [2.45, 2.75) is 47.6 Å². The fourth-order valence-corrected chi connectivity index (χ4v) is 3.88. The smallest absolute Gasteiger partial charge is 0.311 e. The summed E-state index contributed by atoms with van der Waals surface area (Å²) in [4.78, 5) is 17.9. The number of carbonyl (C=O) groups is 1. The summed E-state index contributed by atoms with van der Waals surface area (Å²) in [5.41, 5.74) is 7.16. The van der Waals surface area contributed by atoms with Gasteiger partial charge in [-0.2, -0.15) is 0 Å². The van der Waals surface area contributed by atoms with E-state index in [1.54, 1.807) is 24.3 Å². The molecule has 0 heterocycles. The molecular weight excluding hydrogens is 498 g/mol. The third-order valence-electron chi connectivity index (χ3n) is 5.35. The number of carbonyl (C=O) groups excluding carboxylic acids is 1. The molecule has 0 bridgehead atoms. The zero-order valence-electron chi connectivity index (χ0n) is 21.8. The van der Waals surface area contributed by atoms with E-state index in [0.29, 0.717) is 23.8 Å². The number of ether oxygens (including phenoxy) is 1. The van der Waals surface area contributed by atoms with Crippen LogP contribution in [0.25, 0.3) is 0 Å². The molecule has 0 saturated heterocycles. The summed E-state index contributed by atoms with van der Waals surface area (Å²) in [6.45, 7) is 10.6. The summed E-state index contributed by atoms with van der Waals surface area (Å²) in [6.07, 6.45) is 1.79. The van der Waals surface area contributed by atoms with Crippen LogP contribution in [-0.2, 0) is 37.4 Å². The monoisotopic (exact) mass is 535 g/mol. The van der Waals surface area contributed by atoms with E-state index in [0.717, 1.165) is 17.4 Å². The maximum Gasteiger partial charge on any atom is 0.311 e. The van der Waals surface area contributed by atoms with E-state index in [1.807, 2.05) is 20.8 Å². The topological polar surface area (TPSA) is 106 Å². The lowest BCUT2D eigenvalue weighted by Crippen LogP contribution is -2.37. The molecule has 10 heteroatoms. The van der Waals surface area contributed by atoms with Crippen LogP contribution in [0.1, 0.15) is 43.0 Å². The number of hydrogen-bond donors (Lipinski definition) is 3. The molecule has 2 aromatic rings. The van der Waals surface area contributed by atoms with Gasteiger partial charge in [-0.1, -0.05) is 30.3 Å². The second-order valence-electron chi connectivity index (χ2n) is 10.0. The van der Waals surface area contributed by atoms with Crippen molar-refractivity contribution >= 4 is 39.0 Å². The number of nitrogens with one attached hydrogen (secondary N) is 3. The van der Waals surface area contributed by atoms with Crippen LogP contribution >= 0.6 is 12.2 Å². The summed E-state index contributed by atoms with van der Waals surface area (Å²) in [6, 6.07) is 13.3. The Bertz CT molecular complexity index is 1140. The number of anilines is 1. The van der Waals surface area contributed by atoms with E-state index in [9.17, 15) is 13.2 Å². The Balaban J connectivity index is 1.87. The molecule has 36 heavy (non-hydrogen) atoms. The van der Waals surface area contributed by atoms with Crippen molar-refractivity contribution < 1.29 is 22.8 Å². The summed E-state index contributed by atoms with van der Waals surface area (Å²) in [5, 5.41) is 3.36. The molecule has 1 atom stereocenters. The molecule has 0 aliphatic rings. The Morgan fingerprint density at radius 3 is 2.22 bits per heavy atom. The number of thiocarbonyl (C=S) groups is 1. The first-order valence-electron chi connectivity index (χ1n) is 11.7. The van der Waals surface area contributed by atoms with Crippen LogP contribution in [0.2, 0.25) is 0 Å². The number of hydrogen-bond acceptors (Lipinski definition) is 6. The van der Waals surface area contributed by atoms with Crippen LogP contribution in [0.5, 0.6) is 0 Å². The Morgan fingerprint density at radius 1 is 1.00 bits per heavy atom. The van der Waals surface area contributed by atoms with Gasteiger partial charge in [0.2, 0.25) is 10.0 Å². The third kappa shape index (κ3) is 10.9. The van der Waals surface area contributed by atoms with E-state index < -0.39 is 15.4 Å². The Morgan fingerprint density at radius 2 is 1.64 bits per heavy atom. The zero-order valence-corrected chi connectivity index (χ0v) is 23.4. The summed E-state index contributed by atoms with van der Waals surface area (Å²) in [5.74, 6) is -0.320. The molecule has 0 saturated carbocycles. The van der Waals surface area contributed by atoms with Gasteiger partial charge in [-0.05, 0) is 87.6 Å². The first-order valence-corrected chi connectivity index (χ1v) is 14.0. The predicted octanol–water partition coefficient (Wildman–Crippen LogP) is 4.02. The van der Waals surface area contributed by atoms with Gasteiger partial charge in [0.15, 0.2) is 5.11 Å². The van der Waals surface area contributed by atoms with Crippen molar-refractivity contribution in [3.05, 3.63) is 64.7 Å². The first-order chi connectivity index (χ1) is 16.7. The fourth-order valence-electron chi connectivity index (χ4n) is 3.19. The summed E-state index contributed by atoms with van der Waals surface area (Å²) < 4.78 is 30.6. The van der Waals surface area contributed by atoms with Crippen molar-refractivity contribution in [3.63, 3.8) is 0 Å². The predicted molar refractivity (Wildman–Crippen MR) is 147 cm³/mol. The van der Waals surface area contributed by atoms with Crippen LogP contribution < -0.4 is 15.5 Å². The van der Waals surface area contributed by atoms with Gasteiger partial charge < -0.3 is 10.1 Å². The van der Waals surface area contributed by atoms with E-state index in [4.69, 9.17) is 21.8 Å². The fraction of sp³-hybridized carbons (Fsp3) is 0.462. The highest BCUT2D eigenvalue weighted by atomic mass is 32.2. The average Bonchev–Trinajstić information content (AvgIpc) is 2.77. The lowest BCUT2D eigenvalue weighted by atomic mass is 9.96. The molecule has 0 aliphatic heterocycles. The molecule has 0 spiro atoms. The maximum absolute atomic E-state index is 12.3. The lowest BCUT2D eigenvalue weighted by Gasteiger charge is -2.22. The molecule has 0 amide bonds. The lowest BCUT2D eigenvalue weighted by molar-refractivity contribution is -0.155. The number of aryl methyl sites for hydroxylation is 2. The van der Waals surface area contributed by atoms with Gasteiger partial charge in [0, 0.05) is 18.2 Å². The molecule has 2 aromatic carbocycles. The average molecular weight is 536 g/mol. The minimum absolute atomic E-state index is 0.0661. The Labute approximate surface area is 220 Å². The summed E-state index contributed by atoms with van der Waals surface area (Å²) in [7, 11) is -3.31. The molecule has 0 aromatic heterocycles. The van der Waals surface area contributed by atoms with E-state index in [2.05, 4.69) is 47.6 Å². The zero-order chi connectivity index (χ0) is 26.9. The minimum Gasteiger partial charge on any atom is -0.465 e. The van der Waals surface area contributed by atoms with Crippen molar-refractivity contribution in [3.8, 4) is 0 Å². The molecule has 1 unspecified atom stereocenters. The Hall–Kier alpha value is -2.69. The number of sulfonamides is 1. The molecule has 8 nitrogen and oxygen atoms in total. The Kier molecular flexibility index (Phi) is 10.7. The maximum atomic E-state index is 12.3. The standard InChI is InChI=1S/C26H37N3O5S2/c1-18-7-8-21(13-19(18)2)14-22(16-33-24(30)26(3,4)5)17-34-28-25(35)27-15-20-9-11-23(12-10-20)29-36(6,31)32/h7-13,22,29H,14-17H2,1-6H3,(H2,27,28,35). The SMILES string of the molecule is Cc1ccc(CC(CONC(=S)NCc2ccc(NS(C)(=O)=O)cc2)COC(=O)C(C)(C)C)cc1C. The van der Waals surface area contributed by atoms with Crippen molar-refractivity contribution in [2.24, 2.45) is 11.3 Å². The quantitative estimate of drug-likeness (QED) is 0.225. The molecule has 0 aliphatic carbocycles. The van der Waals surface area contributed by atoms with Crippen molar-refractivity contribution in [1.29, 1.82) is 0 Å². The van der Waals surface area contributed by atoms with E-state index >= 15 is 0 Å². The van der Waals surface area contributed by atoms with Crippen LogP contribution in [0, 0.1) is 25.2 Å². The molecule has 2 rings (SSSR count). The minimum atomic E-state index is -3.31. The largest absolute Gasteiger partial charge is 0.465 e. The highest BCUT2D eigenvalue weighted by Gasteiger charge is 2.24. The van der Waals surface area contributed by atoms with Gasteiger partial charge in [-0.25, -0.2) is 13.9 Å². The molecule has 0 fully saturated rings. The number of benzene rings is 2. The highest BCUT2D eigenvalue weighted by molar-refractivity contribution is 7.92. The molecule has 198 valence electrons. The van der Waals surface area contributed by atoms with Crippen LogP contribution in [-0.4, -0.2) is 39.0 Å². The molecule has 3 N–H and O–H groups in total. The molecule has 0 radical (unpaired) electrons. The van der Waals surface area contributed by atoms with Gasteiger partial charge in [0.05, 0.1) is 24.9 Å². The highest BCUT2D eigenvalue weighted by Crippen LogP contribution is 2.18. The first kappa shape index (κ1) is 29.5. The van der Waals surface area contributed by atoms with Crippen LogP contribution in [0.3, 0.4) is 0 Å². The van der Waals surface area contributed by atoms with Gasteiger partial charge in [-0.15, -0.1) is 0 Å². The molecular formula is C26H37N3O5S2. The van der Waals surface area contributed by atoms with Crippen molar-refractivity contribution in [2.75, 3.05) is 24.2 Å². The second kappa shape index (κ2) is 13.0. The van der Waals surface area contributed by atoms with E-state index in [-0.39, 0.29) is 25.1 Å². The van der Waals surface area contributed by atoms with Gasteiger partial charge in [0.25, 0.3) is 0 Å². The number of hydroxylamine groups is 1. The van der Waals surface area contributed by atoms with E-state index in [1.165, 1.54) is 11.1 Å². The van der Waals surface area contributed by atoms with Crippen LogP contribution in [0.15, 0.2) is 42.5 Å². The summed E-state index contributed by atoms with van der Waals surface area (Å²) >= 11 is 5.29. The normalized spacial score (nSPS) is 12.5. The number of rotatable bonds is 11. The second-order valence-corrected chi connectivity index (χ2v) is 12.2. The van der Waals surface area contributed by atoms with Crippen molar-refractivity contribution in [1.82, 2.24) is 10.8 Å². The van der Waals surface area contributed by atoms with Gasteiger partial charge in [0.1, 0.15) is 0 Å². The van der Waals surface area contributed by atoms with Gasteiger partial charge >= 0.3 is 5.97 Å².